The molecule has 6 nitrogen and oxygen atoms in total. The van der Waals surface area contributed by atoms with Crippen molar-refractivity contribution >= 4 is 28.9 Å². The van der Waals surface area contributed by atoms with Crippen LogP contribution >= 0.6 is 0 Å². The first kappa shape index (κ1) is 19.2. The highest BCUT2D eigenvalue weighted by atomic mass is 19.4. The second-order valence-electron chi connectivity index (χ2n) is 5.83. The van der Waals surface area contributed by atoms with Crippen LogP contribution in [-0.4, -0.2) is 28.3 Å². The number of hydrogen-bond acceptors (Lipinski definition) is 4. The smallest absolute Gasteiger partial charge is 0.416 e. The molecule has 0 saturated heterocycles. The lowest BCUT2D eigenvalue weighted by Crippen LogP contribution is -2.12. The van der Waals surface area contributed by atoms with Crippen molar-refractivity contribution in [3.05, 3.63) is 75.7 Å². The Labute approximate surface area is 155 Å². The summed E-state index contributed by atoms with van der Waals surface area (Å²) < 4.78 is 42.8. The number of carbonyl (C=O) groups is 2. The Morgan fingerprint density at radius 2 is 1.79 bits per heavy atom. The average molecular weight is 390 g/mol. The Morgan fingerprint density at radius 1 is 1.04 bits per heavy atom. The summed E-state index contributed by atoms with van der Waals surface area (Å²) in [5.41, 5.74) is 0.119. The topological polar surface area (TPSA) is 92.0 Å². The quantitative estimate of drug-likeness (QED) is 0.397. The normalized spacial score (nSPS) is 11.8. The Bertz CT molecular complexity index is 1130. The maximum absolute atomic E-state index is 12.7. The number of rotatable bonds is 5. The number of ether oxygens (including phenoxy) is 1. The van der Waals surface area contributed by atoms with Crippen molar-refractivity contribution in [1.82, 2.24) is 9.97 Å². The molecule has 3 rings (SSSR count). The molecule has 0 radical (unpaired) electrons. The number of ketones is 1. The number of aromatic nitrogens is 2. The second kappa shape index (κ2) is 7.55. The fourth-order valence-corrected chi connectivity index (χ4v) is 2.46. The van der Waals surface area contributed by atoms with Crippen LogP contribution in [0.3, 0.4) is 0 Å². The lowest BCUT2D eigenvalue weighted by atomic mass is 10.1. The van der Waals surface area contributed by atoms with E-state index in [4.69, 9.17) is 4.74 Å². The minimum Gasteiger partial charge on any atom is -0.454 e. The van der Waals surface area contributed by atoms with Crippen molar-refractivity contribution in [3.63, 3.8) is 0 Å². The monoisotopic (exact) mass is 390 g/mol. The largest absolute Gasteiger partial charge is 0.454 e. The molecule has 28 heavy (non-hydrogen) atoms. The molecule has 0 aliphatic rings. The van der Waals surface area contributed by atoms with Gasteiger partial charge in [0.1, 0.15) is 0 Å². The molecule has 144 valence electrons. The maximum Gasteiger partial charge on any atom is 0.416 e. The number of benzene rings is 2. The van der Waals surface area contributed by atoms with E-state index < -0.39 is 35.8 Å². The Balaban J connectivity index is 1.61. The summed E-state index contributed by atoms with van der Waals surface area (Å²) >= 11 is 0. The Hall–Kier alpha value is -3.62. The third-order valence-corrected chi connectivity index (χ3v) is 3.81. The molecule has 3 aromatic rings. The Kier molecular flexibility index (Phi) is 5.16. The van der Waals surface area contributed by atoms with Crippen molar-refractivity contribution in [3.8, 4) is 0 Å². The third kappa shape index (κ3) is 4.56. The summed E-state index contributed by atoms with van der Waals surface area (Å²) in [5, 5.41) is 0. The maximum atomic E-state index is 12.7. The van der Waals surface area contributed by atoms with Crippen molar-refractivity contribution in [2.45, 2.75) is 6.18 Å². The van der Waals surface area contributed by atoms with Gasteiger partial charge in [0.25, 0.3) is 0 Å². The minimum atomic E-state index is -4.48. The number of nitrogens with one attached hydrogen (secondary N) is 2. The molecule has 1 heterocycles. The number of carbonyl (C=O) groups excluding carboxylic acids is 2. The molecule has 2 aromatic carbocycles. The predicted octanol–water partition coefficient (Wildman–Crippen LogP) is 3.31. The van der Waals surface area contributed by atoms with Gasteiger partial charge in [-0.25, -0.2) is 9.59 Å². The van der Waals surface area contributed by atoms with Crippen LogP contribution in [0.25, 0.3) is 17.1 Å². The average Bonchev–Trinajstić information content (AvgIpc) is 3.03. The summed E-state index contributed by atoms with van der Waals surface area (Å²) in [6, 6.07) is 8.89. The van der Waals surface area contributed by atoms with Gasteiger partial charge < -0.3 is 14.7 Å². The van der Waals surface area contributed by atoms with Crippen LogP contribution < -0.4 is 5.69 Å². The van der Waals surface area contributed by atoms with Gasteiger partial charge >= 0.3 is 17.8 Å². The number of hydrogen-bond donors (Lipinski definition) is 2. The van der Waals surface area contributed by atoms with Crippen molar-refractivity contribution in [2.24, 2.45) is 0 Å². The summed E-state index contributed by atoms with van der Waals surface area (Å²) in [4.78, 5) is 40.1. The third-order valence-electron chi connectivity index (χ3n) is 3.81. The zero-order valence-corrected chi connectivity index (χ0v) is 14.2. The summed E-state index contributed by atoms with van der Waals surface area (Å²) in [6.07, 6.45) is -2.38. The van der Waals surface area contributed by atoms with Crippen LogP contribution in [0.4, 0.5) is 13.2 Å². The molecule has 0 fully saturated rings. The fourth-order valence-electron chi connectivity index (χ4n) is 2.46. The van der Waals surface area contributed by atoms with Gasteiger partial charge in [-0.2, -0.15) is 13.2 Å². The number of esters is 1. The standard InChI is InChI=1S/C19H13F3N2O4/c20-19(21,22)13-3-1-2-11(8-13)4-7-17(26)28-10-16(25)12-5-6-14-15(9-12)24-18(27)23-14/h1-9H,10H2,(H2,23,24,27). The number of alkyl halides is 3. The lowest BCUT2D eigenvalue weighted by Gasteiger charge is -2.06. The van der Waals surface area contributed by atoms with Crippen molar-refractivity contribution < 1.29 is 27.5 Å². The van der Waals surface area contributed by atoms with Gasteiger partial charge in [-0.1, -0.05) is 12.1 Å². The van der Waals surface area contributed by atoms with Crippen molar-refractivity contribution in [2.75, 3.05) is 6.61 Å². The predicted molar refractivity (Wildman–Crippen MR) is 94.7 cm³/mol. The van der Waals surface area contributed by atoms with E-state index in [1.165, 1.54) is 36.4 Å². The second-order valence-corrected chi connectivity index (χ2v) is 5.83. The van der Waals surface area contributed by atoms with Crippen LogP contribution in [0.1, 0.15) is 21.5 Å². The van der Waals surface area contributed by atoms with Gasteiger partial charge in [-0.05, 0) is 42.0 Å². The lowest BCUT2D eigenvalue weighted by molar-refractivity contribution is -0.138. The van der Waals surface area contributed by atoms with Gasteiger partial charge in [-0.15, -0.1) is 0 Å². The molecule has 0 bridgehead atoms. The summed E-state index contributed by atoms with van der Waals surface area (Å²) in [5.74, 6) is -1.37. The number of halogens is 3. The van der Waals surface area contributed by atoms with Crippen LogP contribution in [0.15, 0.2) is 53.3 Å². The van der Waals surface area contributed by atoms with E-state index in [1.807, 2.05) is 0 Å². The highest BCUT2D eigenvalue weighted by Crippen LogP contribution is 2.29. The molecule has 0 saturated carbocycles. The van der Waals surface area contributed by atoms with E-state index in [9.17, 15) is 27.6 Å². The first-order valence-corrected chi connectivity index (χ1v) is 8.00. The van der Waals surface area contributed by atoms with Crippen LogP contribution in [-0.2, 0) is 15.7 Å². The van der Waals surface area contributed by atoms with Gasteiger partial charge in [0.05, 0.1) is 16.6 Å². The minimum absolute atomic E-state index is 0.167. The molecule has 2 N–H and O–H groups in total. The SMILES string of the molecule is O=C(C=Cc1cccc(C(F)(F)F)c1)OCC(=O)c1ccc2[nH]c(=O)[nH]c2c1. The van der Waals surface area contributed by atoms with E-state index in [2.05, 4.69) is 9.97 Å². The van der Waals surface area contributed by atoms with Gasteiger partial charge in [0.15, 0.2) is 12.4 Å². The van der Waals surface area contributed by atoms with Crippen LogP contribution in [0.5, 0.6) is 0 Å². The summed E-state index contributed by atoms with van der Waals surface area (Å²) in [6.45, 7) is -0.550. The number of imidazole rings is 1. The fraction of sp³-hybridized carbons (Fsp3) is 0.105. The molecule has 0 aliphatic carbocycles. The molecule has 0 amide bonds. The van der Waals surface area contributed by atoms with E-state index >= 15 is 0 Å². The molecule has 0 unspecified atom stereocenters. The molecule has 0 atom stereocenters. The first-order valence-electron chi connectivity index (χ1n) is 8.00. The zero-order valence-electron chi connectivity index (χ0n) is 14.2. The van der Waals surface area contributed by atoms with Crippen LogP contribution in [0, 0.1) is 0 Å². The highest BCUT2D eigenvalue weighted by Gasteiger charge is 2.30. The molecule has 0 spiro atoms. The number of Topliss-reactive ketones (excluding diaryl/α,β-unsaturated/α-hetero) is 1. The van der Waals surface area contributed by atoms with E-state index in [1.54, 1.807) is 0 Å². The van der Waals surface area contributed by atoms with E-state index in [0.717, 1.165) is 18.2 Å². The number of aromatic amines is 2. The van der Waals surface area contributed by atoms with Gasteiger partial charge in [0, 0.05) is 11.6 Å². The van der Waals surface area contributed by atoms with Gasteiger partial charge in [-0.3, -0.25) is 4.79 Å². The molecule has 1 aromatic heterocycles. The molecular formula is C19H13F3N2O4. The molecular weight excluding hydrogens is 377 g/mol. The highest BCUT2D eigenvalue weighted by molar-refractivity contribution is 6.01. The van der Waals surface area contributed by atoms with Gasteiger partial charge in [0.2, 0.25) is 0 Å². The van der Waals surface area contributed by atoms with Crippen molar-refractivity contribution in [1.29, 1.82) is 0 Å². The first-order chi connectivity index (χ1) is 13.2. The molecule has 9 heteroatoms. The Morgan fingerprint density at radius 3 is 2.54 bits per heavy atom. The molecule has 0 aliphatic heterocycles. The van der Waals surface area contributed by atoms with E-state index in [0.29, 0.717) is 11.0 Å². The number of fused-ring (bicyclic) bond motifs is 1. The zero-order chi connectivity index (χ0) is 20.3. The van der Waals surface area contributed by atoms with Crippen LogP contribution in [0.2, 0.25) is 0 Å². The van der Waals surface area contributed by atoms with E-state index in [-0.39, 0.29) is 11.1 Å². The number of H-pyrrole nitrogens is 2. The summed E-state index contributed by atoms with van der Waals surface area (Å²) in [7, 11) is 0.